The molecule has 1 heterocycles. The van der Waals surface area contributed by atoms with Gasteiger partial charge in [0.15, 0.2) is 0 Å². The molecule has 0 radical (unpaired) electrons. The highest BCUT2D eigenvalue weighted by Gasteiger charge is 2.23. The third-order valence-electron chi connectivity index (χ3n) is 4.24. The number of pyridine rings is 1. The molecule has 0 aliphatic rings. The molecule has 6 heteroatoms. The monoisotopic (exact) mass is 362 g/mol. The Bertz CT molecular complexity index is 742. The maximum Gasteiger partial charge on any atom is 0.272 e. The van der Waals surface area contributed by atoms with Crippen LogP contribution < -0.4 is 10.3 Å². The van der Waals surface area contributed by atoms with E-state index in [0.29, 0.717) is 18.0 Å². The van der Waals surface area contributed by atoms with Crippen LogP contribution in [0.15, 0.2) is 53.6 Å². The number of aromatic nitrogens is 1. The predicted molar refractivity (Wildman–Crippen MR) is 101 cm³/mol. The number of aromatic amines is 1. The third kappa shape index (κ3) is 5.28. The van der Waals surface area contributed by atoms with Gasteiger partial charge in [-0.05, 0) is 31.4 Å². The quantitative estimate of drug-likeness (QED) is 0.746. The number of hydrogen-bond acceptors (Lipinski definition) is 3. The summed E-state index contributed by atoms with van der Waals surface area (Å²) in [6, 6.07) is 14.1. The lowest BCUT2D eigenvalue weighted by atomic mass is 10.1. The number of H-pyrrole nitrogens is 1. The second-order valence-electron chi connectivity index (χ2n) is 6.10. The first kappa shape index (κ1) is 19.4. The summed E-state index contributed by atoms with van der Waals surface area (Å²) in [5.74, 6) is 0.819. The number of sulfonamides is 1. The molecule has 2 aromatic rings. The van der Waals surface area contributed by atoms with Crippen molar-refractivity contribution in [2.24, 2.45) is 0 Å². The summed E-state index contributed by atoms with van der Waals surface area (Å²) in [5, 5.41) is 3.38. The van der Waals surface area contributed by atoms with Crippen LogP contribution in [0.5, 0.6) is 0 Å². The van der Waals surface area contributed by atoms with Gasteiger partial charge in [-0.25, -0.2) is 13.4 Å². The Kier molecular flexibility index (Phi) is 6.96. The van der Waals surface area contributed by atoms with E-state index in [1.54, 1.807) is 18.3 Å². The summed E-state index contributed by atoms with van der Waals surface area (Å²) < 4.78 is 26.4. The Morgan fingerprint density at radius 1 is 1.08 bits per heavy atom. The van der Waals surface area contributed by atoms with E-state index in [2.05, 4.69) is 41.5 Å². The minimum Gasteiger partial charge on any atom is -0.272 e. The van der Waals surface area contributed by atoms with Crippen molar-refractivity contribution < 1.29 is 13.4 Å². The summed E-state index contributed by atoms with van der Waals surface area (Å²) in [6.07, 6.45) is 3.56. The van der Waals surface area contributed by atoms with Crippen LogP contribution in [0.25, 0.3) is 0 Å². The van der Waals surface area contributed by atoms with Gasteiger partial charge in [-0.1, -0.05) is 44.2 Å². The number of aryl methyl sites for hydroxylation is 1. The Labute approximate surface area is 151 Å². The molecule has 0 aliphatic carbocycles. The van der Waals surface area contributed by atoms with Crippen molar-refractivity contribution in [1.29, 1.82) is 0 Å². The smallest absolute Gasteiger partial charge is 0.272 e. The standard InChI is InChI=1S/C19H27N3O2S/c1-4-22(5-2)25(23,24)18-13-14-19(20-15-18)21-16(3)11-12-17-9-7-6-8-10-17/h6-10,13-16H,4-5,11-12H2,1-3H3,(H,20,21)/p+1/t16-/m0/s1. The van der Waals surface area contributed by atoms with Crippen LogP contribution >= 0.6 is 0 Å². The first-order valence-corrected chi connectivity index (χ1v) is 10.2. The van der Waals surface area contributed by atoms with Crippen molar-refractivity contribution >= 4 is 15.8 Å². The number of benzene rings is 1. The van der Waals surface area contributed by atoms with E-state index < -0.39 is 10.0 Å². The molecule has 0 saturated heterocycles. The molecule has 1 aromatic carbocycles. The SMILES string of the molecule is CCN(CC)S(=O)(=O)c1ccc(N[C@@H](C)CCc2ccccc2)[nH+]c1. The molecule has 1 aromatic heterocycles. The Balaban J connectivity index is 1.95. The van der Waals surface area contributed by atoms with E-state index in [1.165, 1.54) is 9.87 Å². The molecule has 1 atom stereocenters. The molecular formula is C19H28N3O2S+. The van der Waals surface area contributed by atoms with Crippen molar-refractivity contribution in [3.63, 3.8) is 0 Å². The zero-order chi connectivity index (χ0) is 18.3. The van der Waals surface area contributed by atoms with E-state index in [-0.39, 0.29) is 6.04 Å². The highest BCUT2D eigenvalue weighted by molar-refractivity contribution is 7.89. The zero-order valence-electron chi connectivity index (χ0n) is 15.2. The molecule has 5 nitrogen and oxygen atoms in total. The molecule has 0 fully saturated rings. The van der Waals surface area contributed by atoms with Crippen LogP contribution in [0, 0.1) is 0 Å². The lowest BCUT2D eigenvalue weighted by molar-refractivity contribution is -0.364. The summed E-state index contributed by atoms with van der Waals surface area (Å²) in [7, 11) is -3.42. The van der Waals surface area contributed by atoms with Crippen molar-refractivity contribution in [2.75, 3.05) is 18.4 Å². The Morgan fingerprint density at radius 3 is 2.32 bits per heavy atom. The summed E-state index contributed by atoms with van der Waals surface area (Å²) >= 11 is 0. The predicted octanol–water partition coefficient (Wildman–Crippen LogP) is 2.96. The first-order chi connectivity index (χ1) is 12.0. The second kappa shape index (κ2) is 8.97. The average Bonchev–Trinajstić information content (AvgIpc) is 2.62. The van der Waals surface area contributed by atoms with E-state index in [0.717, 1.165) is 18.7 Å². The molecule has 0 bridgehead atoms. The fraction of sp³-hybridized carbons (Fsp3) is 0.421. The van der Waals surface area contributed by atoms with E-state index in [9.17, 15) is 8.42 Å². The first-order valence-electron chi connectivity index (χ1n) is 8.79. The number of anilines is 1. The van der Waals surface area contributed by atoms with Crippen molar-refractivity contribution in [3.05, 3.63) is 54.2 Å². The maximum absolute atomic E-state index is 12.5. The molecule has 2 N–H and O–H groups in total. The minimum absolute atomic E-state index is 0.279. The van der Waals surface area contributed by atoms with Gasteiger partial charge in [0.2, 0.25) is 10.0 Å². The van der Waals surface area contributed by atoms with Gasteiger partial charge in [0.25, 0.3) is 5.82 Å². The Morgan fingerprint density at radius 2 is 1.76 bits per heavy atom. The van der Waals surface area contributed by atoms with Gasteiger partial charge >= 0.3 is 0 Å². The average molecular weight is 363 g/mol. The van der Waals surface area contributed by atoms with Crippen molar-refractivity contribution in [3.8, 4) is 0 Å². The second-order valence-corrected chi connectivity index (χ2v) is 8.03. The summed E-state index contributed by atoms with van der Waals surface area (Å²) in [4.78, 5) is 3.35. The van der Waals surface area contributed by atoms with Crippen LogP contribution in [0.3, 0.4) is 0 Å². The number of nitrogens with zero attached hydrogens (tertiary/aromatic N) is 1. The zero-order valence-corrected chi connectivity index (χ0v) is 16.0. The van der Waals surface area contributed by atoms with Gasteiger partial charge in [-0.15, -0.1) is 0 Å². The van der Waals surface area contributed by atoms with Gasteiger partial charge in [0.05, 0.1) is 6.04 Å². The van der Waals surface area contributed by atoms with Gasteiger partial charge in [0.1, 0.15) is 11.1 Å². The largest absolute Gasteiger partial charge is 0.272 e. The van der Waals surface area contributed by atoms with Crippen LogP contribution in [0.4, 0.5) is 5.82 Å². The van der Waals surface area contributed by atoms with Gasteiger partial charge in [-0.2, -0.15) is 4.31 Å². The molecule has 0 amide bonds. The highest BCUT2D eigenvalue weighted by atomic mass is 32.2. The van der Waals surface area contributed by atoms with Crippen LogP contribution in [0.1, 0.15) is 32.8 Å². The molecule has 0 spiro atoms. The number of rotatable bonds is 9. The highest BCUT2D eigenvalue weighted by Crippen LogP contribution is 2.15. The molecule has 25 heavy (non-hydrogen) atoms. The molecule has 2 rings (SSSR count). The van der Waals surface area contributed by atoms with Gasteiger partial charge < -0.3 is 0 Å². The summed E-state index contributed by atoms with van der Waals surface area (Å²) in [6.45, 7) is 6.74. The van der Waals surface area contributed by atoms with E-state index in [4.69, 9.17) is 0 Å². The topological polar surface area (TPSA) is 63.6 Å². The Hall–Kier alpha value is -1.92. The lowest BCUT2D eigenvalue weighted by Gasteiger charge is -2.17. The number of nitrogens with one attached hydrogen (secondary N) is 2. The fourth-order valence-corrected chi connectivity index (χ4v) is 4.16. The van der Waals surface area contributed by atoms with Gasteiger partial charge in [-0.3, -0.25) is 5.32 Å². The third-order valence-corrected chi connectivity index (χ3v) is 6.28. The maximum atomic E-state index is 12.5. The van der Waals surface area contributed by atoms with E-state index in [1.807, 2.05) is 19.9 Å². The molecule has 0 unspecified atom stereocenters. The van der Waals surface area contributed by atoms with Crippen LogP contribution in [0.2, 0.25) is 0 Å². The number of hydrogen-bond donors (Lipinski definition) is 1. The summed E-state index contributed by atoms with van der Waals surface area (Å²) in [5.41, 5.74) is 1.32. The van der Waals surface area contributed by atoms with E-state index >= 15 is 0 Å². The van der Waals surface area contributed by atoms with Crippen LogP contribution in [-0.2, 0) is 16.4 Å². The normalized spacial score (nSPS) is 13.0. The van der Waals surface area contributed by atoms with Crippen LogP contribution in [-0.4, -0.2) is 31.9 Å². The minimum atomic E-state index is -3.42. The molecule has 0 saturated carbocycles. The van der Waals surface area contributed by atoms with Crippen molar-refractivity contribution in [1.82, 2.24) is 4.31 Å². The molecule has 136 valence electrons. The fourth-order valence-electron chi connectivity index (χ4n) is 2.74. The van der Waals surface area contributed by atoms with Crippen molar-refractivity contribution in [2.45, 2.75) is 44.6 Å². The molecular weight excluding hydrogens is 334 g/mol. The molecule has 0 aliphatic heterocycles. The van der Waals surface area contributed by atoms with Gasteiger partial charge in [0, 0.05) is 19.2 Å². The lowest BCUT2D eigenvalue weighted by Crippen LogP contribution is -2.31.